The molecule has 0 saturated heterocycles. The van der Waals surface area contributed by atoms with Crippen molar-refractivity contribution in [1.29, 1.82) is 0 Å². The maximum Gasteiger partial charge on any atom is 0.243 e. The highest BCUT2D eigenvalue weighted by Gasteiger charge is 2.43. The van der Waals surface area contributed by atoms with Crippen LogP contribution < -0.4 is 0 Å². The zero-order valence-electron chi connectivity index (χ0n) is 12.9. The Morgan fingerprint density at radius 2 is 1.83 bits per heavy atom. The lowest BCUT2D eigenvalue weighted by atomic mass is 9.95. The molecule has 0 bridgehead atoms. The molecule has 7 heteroatoms. The summed E-state index contributed by atoms with van der Waals surface area (Å²) in [6.07, 6.45) is -0.790. The monoisotopic (exact) mass is 349 g/mol. The van der Waals surface area contributed by atoms with Crippen LogP contribution in [-0.2, 0) is 16.4 Å². The molecule has 0 radical (unpaired) electrons. The van der Waals surface area contributed by atoms with Gasteiger partial charge in [0.15, 0.2) is 0 Å². The van der Waals surface area contributed by atoms with E-state index in [1.807, 2.05) is 0 Å². The summed E-state index contributed by atoms with van der Waals surface area (Å²) in [5, 5.41) is 29.6. The quantitative estimate of drug-likeness (QED) is 0.766. The summed E-state index contributed by atoms with van der Waals surface area (Å²) in [6, 6.07) is 12.1. The van der Waals surface area contributed by atoms with Gasteiger partial charge in [0, 0.05) is 12.1 Å². The topological polar surface area (TPSA) is 98.1 Å². The molecule has 128 valence electrons. The van der Waals surface area contributed by atoms with E-state index in [0.717, 1.165) is 4.31 Å². The first kappa shape index (κ1) is 16.9. The van der Waals surface area contributed by atoms with Gasteiger partial charge in [0.1, 0.15) is 5.75 Å². The SMILES string of the molecule is O=S1(=O)c2ccccc2C(O)C(Cc2cccc(O)c2)N1CCO. The Morgan fingerprint density at radius 3 is 2.54 bits per heavy atom. The minimum atomic E-state index is -3.81. The molecule has 1 aliphatic heterocycles. The van der Waals surface area contributed by atoms with E-state index in [1.54, 1.807) is 30.3 Å². The molecule has 3 N–H and O–H groups in total. The van der Waals surface area contributed by atoms with Gasteiger partial charge in [-0.2, -0.15) is 4.31 Å². The van der Waals surface area contributed by atoms with Crippen molar-refractivity contribution in [3.63, 3.8) is 0 Å². The molecule has 0 amide bonds. The van der Waals surface area contributed by atoms with Crippen LogP contribution in [-0.4, -0.2) is 47.2 Å². The van der Waals surface area contributed by atoms with Crippen LogP contribution in [0, 0.1) is 0 Å². The van der Waals surface area contributed by atoms with E-state index in [2.05, 4.69) is 0 Å². The van der Waals surface area contributed by atoms with E-state index in [0.29, 0.717) is 11.1 Å². The summed E-state index contributed by atoms with van der Waals surface area (Å²) in [5.74, 6) is 0.0785. The maximum atomic E-state index is 12.9. The number of phenols is 1. The first-order valence-corrected chi connectivity index (χ1v) is 9.07. The number of rotatable bonds is 4. The molecule has 2 aromatic carbocycles. The lowest BCUT2D eigenvalue weighted by molar-refractivity contribution is 0.0724. The number of hydrogen-bond donors (Lipinski definition) is 3. The Morgan fingerprint density at radius 1 is 1.08 bits per heavy atom. The van der Waals surface area contributed by atoms with Crippen molar-refractivity contribution in [1.82, 2.24) is 4.31 Å². The number of nitrogens with zero attached hydrogens (tertiary/aromatic N) is 1. The summed E-state index contributed by atoms with van der Waals surface area (Å²) >= 11 is 0. The van der Waals surface area contributed by atoms with Crippen molar-refractivity contribution in [3.05, 3.63) is 59.7 Å². The molecular weight excluding hydrogens is 330 g/mol. The third kappa shape index (κ3) is 2.91. The fourth-order valence-corrected chi connectivity index (χ4v) is 5.01. The normalized spacial score (nSPS) is 22.9. The summed E-state index contributed by atoms with van der Waals surface area (Å²) < 4.78 is 26.9. The third-order valence-corrected chi connectivity index (χ3v) is 6.23. The first-order valence-electron chi connectivity index (χ1n) is 7.63. The molecule has 2 atom stereocenters. The van der Waals surface area contributed by atoms with Crippen molar-refractivity contribution in [3.8, 4) is 5.75 Å². The molecule has 1 heterocycles. The van der Waals surface area contributed by atoms with Crippen LogP contribution >= 0.6 is 0 Å². The summed E-state index contributed by atoms with van der Waals surface area (Å²) in [6.45, 7) is -0.443. The second-order valence-electron chi connectivity index (χ2n) is 5.76. The van der Waals surface area contributed by atoms with Crippen LogP contribution in [0.1, 0.15) is 17.2 Å². The lowest BCUT2D eigenvalue weighted by Gasteiger charge is -2.39. The largest absolute Gasteiger partial charge is 0.508 e. The second-order valence-corrected chi connectivity index (χ2v) is 7.62. The number of hydrogen-bond acceptors (Lipinski definition) is 5. The van der Waals surface area contributed by atoms with Crippen LogP contribution in [0.5, 0.6) is 5.75 Å². The molecular formula is C17H19NO5S. The summed E-state index contributed by atoms with van der Waals surface area (Å²) in [4.78, 5) is 0.0677. The Kier molecular flexibility index (Phi) is 4.60. The van der Waals surface area contributed by atoms with Crippen molar-refractivity contribution in [2.24, 2.45) is 0 Å². The summed E-state index contributed by atoms with van der Waals surface area (Å²) in [5.41, 5.74) is 1.06. The minimum Gasteiger partial charge on any atom is -0.508 e. The maximum absolute atomic E-state index is 12.9. The number of benzene rings is 2. The van der Waals surface area contributed by atoms with Gasteiger partial charge in [-0.3, -0.25) is 0 Å². The Labute approximate surface area is 140 Å². The molecule has 1 aliphatic rings. The van der Waals surface area contributed by atoms with Crippen LogP contribution in [0.2, 0.25) is 0 Å². The van der Waals surface area contributed by atoms with Crippen molar-refractivity contribution >= 4 is 10.0 Å². The second kappa shape index (κ2) is 6.52. The molecule has 0 fully saturated rings. The van der Waals surface area contributed by atoms with E-state index in [9.17, 15) is 23.7 Å². The lowest BCUT2D eigenvalue weighted by Crippen LogP contribution is -2.50. The van der Waals surface area contributed by atoms with Gasteiger partial charge < -0.3 is 15.3 Å². The Balaban J connectivity index is 2.06. The molecule has 2 unspecified atom stereocenters. The average Bonchev–Trinajstić information content (AvgIpc) is 2.56. The fourth-order valence-electron chi connectivity index (χ4n) is 3.15. The first-order chi connectivity index (χ1) is 11.4. The molecule has 0 aliphatic carbocycles. The van der Waals surface area contributed by atoms with Crippen LogP contribution in [0.15, 0.2) is 53.4 Å². The number of sulfonamides is 1. The van der Waals surface area contributed by atoms with Crippen LogP contribution in [0.3, 0.4) is 0 Å². The fraction of sp³-hybridized carbons (Fsp3) is 0.294. The molecule has 24 heavy (non-hydrogen) atoms. The van der Waals surface area contributed by atoms with Gasteiger partial charge in [-0.15, -0.1) is 0 Å². The predicted octanol–water partition coefficient (Wildman–Crippen LogP) is 1.03. The van der Waals surface area contributed by atoms with E-state index in [-0.39, 0.29) is 30.2 Å². The van der Waals surface area contributed by atoms with Gasteiger partial charge in [-0.05, 0) is 30.2 Å². The number of aliphatic hydroxyl groups is 2. The van der Waals surface area contributed by atoms with Gasteiger partial charge in [0.05, 0.1) is 23.6 Å². The zero-order chi connectivity index (χ0) is 17.3. The number of aliphatic hydroxyl groups excluding tert-OH is 2. The Hall–Kier alpha value is -1.93. The van der Waals surface area contributed by atoms with E-state index in [4.69, 9.17) is 0 Å². The Bertz CT molecular complexity index is 836. The molecule has 0 aromatic heterocycles. The average molecular weight is 349 g/mol. The van der Waals surface area contributed by atoms with Gasteiger partial charge in [0.25, 0.3) is 0 Å². The number of fused-ring (bicyclic) bond motifs is 1. The van der Waals surface area contributed by atoms with Crippen LogP contribution in [0.25, 0.3) is 0 Å². The predicted molar refractivity (Wildman–Crippen MR) is 88.0 cm³/mol. The number of aromatic hydroxyl groups is 1. The third-order valence-electron chi connectivity index (χ3n) is 4.23. The van der Waals surface area contributed by atoms with Gasteiger partial charge in [0.2, 0.25) is 10.0 Å². The van der Waals surface area contributed by atoms with E-state index >= 15 is 0 Å². The highest BCUT2D eigenvalue weighted by atomic mass is 32.2. The van der Waals surface area contributed by atoms with E-state index < -0.39 is 22.2 Å². The molecule has 3 rings (SSSR count). The van der Waals surface area contributed by atoms with Crippen molar-refractivity contribution in [2.75, 3.05) is 13.2 Å². The number of phenolic OH excluding ortho intramolecular Hbond substituents is 1. The minimum absolute atomic E-state index is 0.0677. The van der Waals surface area contributed by atoms with Gasteiger partial charge in [-0.1, -0.05) is 30.3 Å². The highest BCUT2D eigenvalue weighted by molar-refractivity contribution is 7.89. The van der Waals surface area contributed by atoms with Crippen molar-refractivity contribution in [2.45, 2.75) is 23.5 Å². The zero-order valence-corrected chi connectivity index (χ0v) is 13.7. The van der Waals surface area contributed by atoms with E-state index in [1.165, 1.54) is 18.2 Å². The summed E-state index contributed by atoms with van der Waals surface area (Å²) in [7, 11) is -3.81. The van der Waals surface area contributed by atoms with Gasteiger partial charge >= 0.3 is 0 Å². The molecule has 0 saturated carbocycles. The highest BCUT2D eigenvalue weighted by Crippen LogP contribution is 2.37. The molecule has 2 aromatic rings. The van der Waals surface area contributed by atoms with Crippen LogP contribution in [0.4, 0.5) is 0 Å². The van der Waals surface area contributed by atoms with Gasteiger partial charge in [-0.25, -0.2) is 8.42 Å². The smallest absolute Gasteiger partial charge is 0.243 e. The van der Waals surface area contributed by atoms with Crippen molar-refractivity contribution < 1.29 is 23.7 Å². The molecule has 0 spiro atoms. The molecule has 6 nitrogen and oxygen atoms in total. The standard InChI is InChI=1S/C17H19NO5S/c19-9-8-18-15(11-12-4-3-5-13(20)10-12)17(21)14-6-1-2-7-16(14)24(18,22)23/h1-7,10,15,17,19-21H,8-9,11H2. The number of β-amino-alcohol motifs (C(OH)–C–C–N with tert-alkyl or cyclic N) is 1.